The highest BCUT2D eigenvalue weighted by Crippen LogP contribution is 2.27. The summed E-state index contributed by atoms with van der Waals surface area (Å²) >= 11 is 6.26. The first-order valence-corrected chi connectivity index (χ1v) is 13.3. The molecule has 3 N–H and O–H groups in total. The molecule has 2 heterocycles. The van der Waals surface area contributed by atoms with Gasteiger partial charge in [0.15, 0.2) is 5.82 Å². The van der Waals surface area contributed by atoms with Gasteiger partial charge < -0.3 is 10.6 Å². The standard InChI is InChI=1S/C30H29ClN6O2/c1-2-27(36(18-8-17-32)30(39)25-16-13-20-9-6-7-12-24(20)33-25)28-34-26-19-21(31)14-15-23(26)29(38)37(28)35-22-10-4-3-5-11-22/h3-7,9-16,19,27,35H,2,8,17-18,32H2,1H3. The number of carbonyl (C=O) groups excluding carboxylic acids is 1. The molecule has 39 heavy (non-hydrogen) atoms. The van der Waals surface area contributed by atoms with Crippen LogP contribution < -0.4 is 16.7 Å². The van der Waals surface area contributed by atoms with Crippen molar-refractivity contribution in [2.24, 2.45) is 5.73 Å². The van der Waals surface area contributed by atoms with Crippen LogP contribution in [0.15, 0.2) is 89.7 Å². The Bertz CT molecular complexity index is 1690. The first-order chi connectivity index (χ1) is 19.0. The highest BCUT2D eigenvalue weighted by atomic mass is 35.5. The van der Waals surface area contributed by atoms with Crippen LogP contribution in [-0.2, 0) is 0 Å². The summed E-state index contributed by atoms with van der Waals surface area (Å²) in [6.45, 7) is 2.74. The number of carbonyl (C=O) groups is 1. The summed E-state index contributed by atoms with van der Waals surface area (Å²) in [6, 6.07) is 25.1. The molecule has 1 atom stereocenters. The van der Waals surface area contributed by atoms with Gasteiger partial charge in [-0.3, -0.25) is 15.0 Å². The van der Waals surface area contributed by atoms with Crippen molar-refractivity contribution in [2.75, 3.05) is 18.5 Å². The third kappa shape index (κ3) is 5.48. The molecule has 3 aromatic carbocycles. The predicted molar refractivity (Wildman–Crippen MR) is 156 cm³/mol. The van der Waals surface area contributed by atoms with Gasteiger partial charge in [0, 0.05) is 17.0 Å². The SMILES string of the molecule is CCC(c1nc2cc(Cl)ccc2c(=O)n1Nc1ccccc1)N(CCCN)C(=O)c1ccc2ccccc2n1. The third-order valence-corrected chi connectivity index (χ3v) is 6.85. The maximum Gasteiger partial charge on any atom is 0.280 e. The number of para-hydroxylation sites is 2. The van der Waals surface area contributed by atoms with Gasteiger partial charge in [-0.05, 0) is 61.9 Å². The molecule has 8 nitrogen and oxygen atoms in total. The average Bonchev–Trinajstić information content (AvgIpc) is 2.96. The Morgan fingerprint density at radius 3 is 2.54 bits per heavy atom. The van der Waals surface area contributed by atoms with E-state index in [1.54, 1.807) is 29.2 Å². The van der Waals surface area contributed by atoms with E-state index >= 15 is 0 Å². The molecule has 0 spiro atoms. The number of benzene rings is 3. The molecule has 1 unspecified atom stereocenters. The van der Waals surface area contributed by atoms with Crippen LogP contribution in [0.5, 0.6) is 0 Å². The van der Waals surface area contributed by atoms with Gasteiger partial charge in [-0.2, -0.15) is 0 Å². The number of aromatic nitrogens is 3. The number of pyridine rings is 1. The molecule has 5 rings (SSSR count). The van der Waals surface area contributed by atoms with Crippen LogP contribution in [0.25, 0.3) is 21.8 Å². The first-order valence-electron chi connectivity index (χ1n) is 12.9. The number of hydrogen-bond donors (Lipinski definition) is 2. The topological polar surface area (TPSA) is 106 Å². The van der Waals surface area contributed by atoms with E-state index in [4.69, 9.17) is 22.3 Å². The number of anilines is 1. The molecule has 0 aliphatic carbocycles. The van der Waals surface area contributed by atoms with Crippen molar-refractivity contribution in [1.29, 1.82) is 0 Å². The Balaban J connectivity index is 1.66. The van der Waals surface area contributed by atoms with Crippen molar-refractivity contribution in [3.8, 4) is 0 Å². The highest BCUT2D eigenvalue weighted by molar-refractivity contribution is 6.31. The average molecular weight is 541 g/mol. The Morgan fingerprint density at radius 2 is 1.77 bits per heavy atom. The van der Waals surface area contributed by atoms with E-state index in [1.807, 2.05) is 67.6 Å². The molecule has 0 fully saturated rings. The highest BCUT2D eigenvalue weighted by Gasteiger charge is 2.30. The molecule has 198 valence electrons. The van der Waals surface area contributed by atoms with Crippen molar-refractivity contribution in [1.82, 2.24) is 19.5 Å². The summed E-state index contributed by atoms with van der Waals surface area (Å²) in [4.78, 5) is 39.0. The van der Waals surface area contributed by atoms with Crippen LogP contribution in [0.1, 0.15) is 42.1 Å². The minimum Gasteiger partial charge on any atom is -0.330 e. The number of nitrogens with one attached hydrogen (secondary N) is 1. The lowest BCUT2D eigenvalue weighted by Crippen LogP contribution is -2.41. The van der Waals surface area contributed by atoms with Crippen molar-refractivity contribution in [2.45, 2.75) is 25.8 Å². The Kier molecular flexibility index (Phi) is 7.86. The van der Waals surface area contributed by atoms with Crippen LogP contribution >= 0.6 is 11.6 Å². The summed E-state index contributed by atoms with van der Waals surface area (Å²) in [7, 11) is 0. The number of fused-ring (bicyclic) bond motifs is 2. The minimum absolute atomic E-state index is 0.257. The number of nitrogens with two attached hydrogens (primary N) is 1. The number of nitrogens with zero attached hydrogens (tertiary/aromatic N) is 4. The van der Waals surface area contributed by atoms with E-state index in [1.165, 1.54) is 4.68 Å². The predicted octanol–water partition coefficient (Wildman–Crippen LogP) is 5.42. The second-order valence-corrected chi connectivity index (χ2v) is 9.64. The fourth-order valence-corrected chi connectivity index (χ4v) is 4.85. The van der Waals surface area contributed by atoms with E-state index in [0.717, 1.165) is 10.9 Å². The van der Waals surface area contributed by atoms with Crippen LogP contribution in [0.3, 0.4) is 0 Å². The van der Waals surface area contributed by atoms with E-state index in [2.05, 4.69) is 10.4 Å². The van der Waals surface area contributed by atoms with Gasteiger partial charge in [-0.1, -0.05) is 61.0 Å². The monoisotopic (exact) mass is 540 g/mol. The summed E-state index contributed by atoms with van der Waals surface area (Å²) in [5.41, 5.74) is 11.0. The van der Waals surface area contributed by atoms with Gasteiger partial charge >= 0.3 is 0 Å². The van der Waals surface area contributed by atoms with Gasteiger partial charge in [-0.25, -0.2) is 14.6 Å². The molecule has 0 radical (unpaired) electrons. The van der Waals surface area contributed by atoms with Crippen molar-refractivity contribution in [3.05, 3.63) is 112 Å². The summed E-state index contributed by atoms with van der Waals surface area (Å²) in [5, 5.41) is 1.83. The molecular weight excluding hydrogens is 512 g/mol. The third-order valence-electron chi connectivity index (χ3n) is 6.61. The molecule has 1 amide bonds. The molecule has 2 aromatic heterocycles. The quantitative estimate of drug-likeness (QED) is 0.259. The zero-order valence-electron chi connectivity index (χ0n) is 21.5. The van der Waals surface area contributed by atoms with Gasteiger partial charge in [-0.15, -0.1) is 0 Å². The van der Waals surface area contributed by atoms with Crippen molar-refractivity contribution in [3.63, 3.8) is 0 Å². The summed E-state index contributed by atoms with van der Waals surface area (Å²) in [5.74, 6) is 0.139. The lowest BCUT2D eigenvalue weighted by Gasteiger charge is -2.32. The second-order valence-electron chi connectivity index (χ2n) is 9.20. The zero-order valence-corrected chi connectivity index (χ0v) is 22.3. The summed E-state index contributed by atoms with van der Waals surface area (Å²) in [6.07, 6.45) is 1.07. The molecular formula is C30H29ClN6O2. The largest absolute Gasteiger partial charge is 0.330 e. The number of amides is 1. The second kappa shape index (κ2) is 11.6. The Hall–Kier alpha value is -4.27. The van der Waals surface area contributed by atoms with Crippen molar-refractivity contribution >= 4 is 45.0 Å². The molecule has 0 bridgehead atoms. The number of rotatable bonds is 9. The van der Waals surface area contributed by atoms with Crippen LogP contribution in [0, 0.1) is 0 Å². The normalized spacial score (nSPS) is 12.0. The lowest BCUT2D eigenvalue weighted by atomic mass is 10.1. The fraction of sp³-hybridized carbons (Fsp3) is 0.200. The van der Waals surface area contributed by atoms with E-state index in [-0.39, 0.29) is 11.5 Å². The van der Waals surface area contributed by atoms with Crippen LogP contribution in [-0.4, -0.2) is 38.5 Å². The van der Waals surface area contributed by atoms with Gasteiger partial charge in [0.05, 0.1) is 28.1 Å². The molecule has 5 aromatic rings. The van der Waals surface area contributed by atoms with Gasteiger partial charge in [0.1, 0.15) is 5.69 Å². The Morgan fingerprint density at radius 1 is 1.00 bits per heavy atom. The van der Waals surface area contributed by atoms with E-state index in [0.29, 0.717) is 59.1 Å². The lowest BCUT2D eigenvalue weighted by molar-refractivity contribution is 0.0651. The molecule has 0 aliphatic rings. The maximum atomic E-state index is 14.0. The molecule has 0 aliphatic heterocycles. The first kappa shape index (κ1) is 26.3. The summed E-state index contributed by atoms with van der Waals surface area (Å²) < 4.78 is 1.43. The zero-order chi connectivity index (χ0) is 27.4. The Labute approximate surface area is 231 Å². The molecule has 9 heteroatoms. The minimum atomic E-state index is -0.551. The molecule has 0 saturated carbocycles. The van der Waals surface area contributed by atoms with Crippen LogP contribution in [0.4, 0.5) is 5.69 Å². The van der Waals surface area contributed by atoms with E-state index < -0.39 is 6.04 Å². The molecule has 0 saturated heterocycles. The number of halogens is 1. The maximum absolute atomic E-state index is 14.0. The van der Waals surface area contributed by atoms with Crippen LogP contribution in [0.2, 0.25) is 5.02 Å². The van der Waals surface area contributed by atoms with Gasteiger partial charge in [0.2, 0.25) is 0 Å². The van der Waals surface area contributed by atoms with Gasteiger partial charge in [0.25, 0.3) is 11.5 Å². The van der Waals surface area contributed by atoms with Crippen molar-refractivity contribution < 1.29 is 4.79 Å². The smallest absolute Gasteiger partial charge is 0.280 e. The van der Waals surface area contributed by atoms with E-state index in [9.17, 15) is 9.59 Å². The number of hydrogen-bond acceptors (Lipinski definition) is 6. The fourth-order valence-electron chi connectivity index (χ4n) is 4.68.